The predicted octanol–water partition coefficient (Wildman–Crippen LogP) is 5.12. The van der Waals surface area contributed by atoms with Gasteiger partial charge in [0, 0.05) is 10.2 Å². The molecular formula is C18H15BrF3NO3. The Hall–Kier alpha value is -2.35. The summed E-state index contributed by atoms with van der Waals surface area (Å²) in [5.74, 6) is -1.52. The average molecular weight is 430 g/mol. The first-order chi connectivity index (χ1) is 12.1. The fourth-order valence-electron chi connectivity index (χ4n) is 2.50. The predicted molar refractivity (Wildman–Crippen MR) is 94.4 cm³/mol. The minimum atomic E-state index is -4.68. The number of ether oxygens (including phenoxy) is 1. The van der Waals surface area contributed by atoms with Crippen molar-refractivity contribution < 1.29 is 27.5 Å². The van der Waals surface area contributed by atoms with Crippen molar-refractivity contribution in [1.29, 1.82) is 0 Å². The molecule has 0 aliphatic carbocycles. The van der Waals surface area contributed by atoms with Gasteiger partial charge in [-0.1, -0.05) is 22.0 Å². The van der Waals surface area contributed by atoms with E-state index in [1.165, 1.54) is 19.2 Å². The number of hydrogen-bond acceptors (Lipinski definition) is 3. The summed E-state index contributed by atoms with van der Waals surface area (Å²) in [6.45, 7) is 3.26. The number of nitrogens with one attached hydrogen (secondary N) is 1. The number of rotatable bonds is 3. The first kappa shape index (κ1) is 20.0. The number of carbonyl (C=O) groups is 2. The third-order valence-electron chi connectivity index (χ3n) is 3.85. The highest BCUT2D eigenvalue weighted by Gasteiger charge is 2.35. The molecule has 0 aliphatic rings. The Morgan fingerprint density at radius 3 is 2.31 bits per heavy atom. The lowest BCUT2D eigenvalue weighted by Crippen LogP contribution is -2.20. The minimum Gasteiger partial charge on any atom is -0.465 e. The van der Waals surface area contributed by atoms with Gasteiger partial charge in [-0.15, -0.1) is 0 Å². The number of anilines is 1. The number of methoxy groups -OCH3 is 1. The molecule has 0 bridgehead atoms. The van der Waals surface area contributed by atoms with Crippen LogP contribution < -0.4 is 5.32 Å². The third-order valence-corrected chi connectivity index (χ3v) is 4.34. The highest BCUT2D eigenvalue weighted by atomic mass is 79.9. The second kappa shape index (κ2) is 7.49. The van der Waals surface area contributed by atoms with Gasteiger partial charge < -0.3 is 10.1 Å². The first-order valence-corrected chi connectivity index (χ1v) is 8.22. The van der Waals surface area contributed by atoms with Gasteiger partial charge in [-0.2, -0.15) is 13.2 Å². The molecule has 138 valence electrons. The molecule has 0 saturated carbocycles. The largest absolute Gasteiger partial charge is 0.465 e. The van der Waals surface area contributed by atoms with Crippen LogP contribution in [0.3, 0.4) is 0 Å². The van der Waals surface area contributed by atoms with Crippen LogP contribution in [-0.2, 0) is 10.9 Å². The maximum atomic E-state index is 13.2. The summed E-state index contributed by atoms with van der Waals surface area (Å²) in [6, 6.07) is 6.28. The van der Waals surface area contributed by atoms with Gasteiger partial charge in [0.2, 0.25) is 0 Å². The normalized spacial score (nSPS) is 11.2. The maximum absolute atomic E-state index is 13.2. The molecule has 8 heteroatoms. The number of alkyl halides is 3. The molecular weight excluding hydrogens is 415 g/mol. The minimum absolute atomic E-state index is 0.221. The van der Waals surface area contributed by atoms with E-state index in [9.17, 15) is 22.8 Å². The molecule has 1 N–H and O–H groups in total. The molecule has 0 aliphatic heterocycles. The molecule has 0 heterocycles. The molecule has 0 aromatic heterocycles. The van der Waals surface area contributed by atoms with Crippen LogP contribution in [0.25, 0.3) is 0 Å². The number of carbonyl (C=O) groups excluding carboxylic acids is 2. The summed E-state index contributed by atoms with van der Waals surface area (Å²) in [5, 5.41) is 2.49. The monoisotopic (exact) mass is 429 g/mol. The zero-order valence-electron chi connectivity index (χ0n) is 14.1. The van der Waals surface area contributed by atoms with Crippen LogP contribution in [0.4, 0.5) is 18.9 Å². The van der Waals surface area contributed by atoms with Crippen LogP contribution in [0, 0.1) is 13.8 Å². The Kier molecular flexibility index (Phi) is 5.75. The summed E-state index contributed by atoms with van der Waals surface area (Å²) in [4.78, 5) is 24.3. The van der Waals surface area contributed by atoms with E-state index in [1.807, 2.05) is 0 Å². The first-order valence-electron chi connectivity index (χ1n) is 7.43. The van der Waals surface area contributed by atoms with Gasteiger partial charge in [-0.25, -0.2) is 4.79 Å². The maximum Gasteiger partial charge on any atom is 0.417 e. The zero-order valence-corrected chi connectivity index (χ0v) is 15.7. The Morgan fingerprint density at radius 2 is 1.73 bits per heavy atom. The molecule has 0 spiro atoms. The number of esters is 1. The van der Waals surface area contributed by atoms with E-state index in [1.54, 1.807) is 19.9 Å². The number of halogens is 4. The van der Waals surface area contributed by atoms with Gasteiger partial charge in [0.05, 0.1) is 23.8 Å². The lowest BCUT2D eigenvalue weighted by molar-refractivity contribution is -0.137. The van der Waals surface area contributed by atoms with Crippen molar-refractivity contribution in [1.82, 2.24) is 0 Å². The van der Waals surface area contributed by atoms with Crippen LogP contribution >= 0.6 is 15.9 Å². The summed E-state index contributed by atoms with van der Waals surface area (Å²) >= 11 is 3.08. The van der Waals surface area contributed by atoms with Gasteiger partial charge >= 0.3 is 12.1 Å². The van der Waals surface area contributed by atoms with E-state index in [0.29, 0.717) is 15.6 Å². The molecule has 2 rings (SSSR count). The highest BCUT2D eigenvalue weighted by molar-refractivity contribution is 9.10. The quantitative estimate of drug-likeness (QED) is 0.688. The molecule has 4 nitrogen and oxygen atoms in total. The molecule has 26 heavy (non-hydrogen) atoms. The fourth-order valence-corrected chi connectivity index (χ4v) is 2.86. The summed E-state index contributed by atoms with van der Waals surface area (Å²) in [7, 11) is 1.22. The second-order valence-corrected chi connectivity index (χ2v) is 6.48. The lowest BCUT2D eigenvalue weighted by Gasteiger charge is -2.17. The molecule has 0 fully saturated rings. The van der Waals surface area contributed by atoms with Crippen molar-refractivity contribution in [3.63, 3.8) is 0 Å². The second-order valence-electron chi connectivity index (χ2n) is 5.56. The van der Waals surface area contributed by atoms with Crippen LogP contribution in [0.1, 0.15) is 37.4 Å². The zero-order chi connectivity index (χ0) is 19.6. The Morgan fingerprint density at radius 1 is 1.08 bits per heavy atom. The smallest absolute Gasteiger partial charge is 0.417 e. The van der Waals surface area contributed by atoms with Gasteiger partial charge in [-0.3, -0.25) is 4.79 Å². The van der Waals surface area contributed by atoms with Crippen molar-refractivity contribution in [3.05, 3.63) is 62.6 Å². The van der Waals surface area contributed by atoms with E-state index < -0.39 is 29.2 Å². The van der Waals surface area contributed by atoms with E-state index in [4.69, 9.17) is 0 Å². The standard InChI is InChI=1S/C18H15BrF3NO3/c1-9-4-6-12(17(25)26-3)10(2)15(9)23-16(24)13-8-11(19)5-7-14(13)18(20,21)22/h4-8H,1-3H3,(H,23,24). The number of amides is 1. The van der Waals surface area contributed by atoms with E-state index in [2.05, 4.69) is 26.0 Å². The van der Waals surface area contributed by atoms with Gasteiger partial charge in [0.25, 0.3) is 5.91 Å². The van der Waals surface area contributed by atoms with Gasteiger partial charge in [0.1, 0.15) is 0 Å². The van der Waals surface area contributed by atoms with Crippen LogP contribution in [0.5, 0.6) is 0 Å². The van der Waals surface area contributed by atoms with Crippen molar-refractivity contribution in [2.24, 2.45) is 0 Å². The van der Waals surface area contributed by atoms with Crippen molar-refractivity contribution in [3.8, 4) is 0 Å². The van der Waals surface area contributed by atoms with E-state index in [0.717, 1.165) is 12.1 Å². The topological polar surface area (TPSA) is 55.4 Å². The third kappa shape index (κ3) is 4.07. The summed E-state index contributed by atoms with van der Waals surface area (Å²) in [5.41, 5.74) is -0.0581. The molecule has 0 radical (unpaired) electrons. The Labute approximate surface area is 156 Å². The molecule has 2 aromatic carbocycles. The molecule has 1 amide bonds. The van der Waals surface area contributed by atoms with Crippen LogP contribution in [0.15, 0.2) is 34.8 Å². The number of hydrogen-bond donors (Lipinski definition) is 1. The van der Waals surface area contributed by atoms with Crippen LogP contribution in [0.2, 0.25) is 0 Å². The Balaban J connectivity index is 2.49. The number of benzene rings is 2. The molecule has 0 unspecified atom stereocenters. The average Bonchev–Trinajstić information content (AvgIpc) is 2.56. The van der Waals surface area contributed by atoms with E-state index in [-0.39, 0.29) is 11.3 Å². The van der Waals surface area contributed by atoms with Gasteiger partial charge in [0.15, 0.2) is 0 Å². The van der Waals surface area contributed by atoms with Gasteiger partial charge in [-0.05, 0) is 49.2 Å². The van der Waals surface area contributed by atoms with Crippen molar-refractivity contribution in [2.75, 3.05) is 12.4 Å². The fraction of sp³-hybridized carbons (Fsp3) is 0.222. The number of aryl methyl sites for hydroxylation is 1. The highest BCUT2D eigenvalue weighted by Crippen LogP contribution is 2.34. The molecule has 2 aromatic rings. The lowest BCUT2D eigenvalue weighted by atomic mass is 10.0. The van der Waals surface area contributed by atoms with Crippen molar-refractivity contribution in [2.45, 2.75) is 20.0 Å². The summed E-state index contributed by atoms with van der Waals surface area (Å²) in [6.07, 6.45) is -4.68. The molecule has 0 atom stereocenters. The molecule has 0 saturated heterocycles. The summed E-state index contributed by atoms with van der Waals surface area (Å²) < 4.78 is 44.6. The SMILES string of the molecule is COC(=O)c1ccc(C)c(NC(=O)c2cc(Br)ccc2C(F)(F)F)c1C. The van der Waals surface area contributed by atoms with Crippen LogP contribution in [-0.4, -0.2) is 19.0 Å². The Bertz CT molecular complexity index is 879. The van der Waals surface area contributed by atoms with Crippen molar-refractivity contribution >= 4 is 33.5 Å². The van der Waals surface area contributed by atoms with E-state index >= 15 is 0 Å².